The Morgan fingerprint density at radius 2 is 1.60 bits per heavy atom. The normalized spacial score (nSPS) is 15.1. The molecular weight excluding hydrogens is 392 g/mol. The third kappa shape index (κ3) is 4.16. The number of nitrogens with zero attached hydrogens (tertiary/aromatic N) is 1. The molecule has 1 amide bonds. The van der Waals surface area contributed by atoms with E-state index in [1.165, 1.54) is 16.7 Å². The number of thioether (sulfide) groups is 1. The number of carbonyl (C=O) groups is 1. The first-order chi connectivity index (χ1) is 14.5. The highest BCUT2D eigenvalue weighted by molar-refractivity contribution is 8.19. The van der Waals surface area contributed by atoms with E-state index in [0.717, 1.165) is 33.7 Å². The van der Waals surface area contributed by atoms with Crippen molar-refractivity contribution in [3.05, 3.63) is 100.0 Å². The highest BCUT2D eigenvalue weighted by Crippen LogP contribution is 2.38. The first-order valence-electron chi connectivity index (χ1n) is 9.68. The topological polar surface area (TPSA) is 53.4 Å². The molecule has 0 radical (unpaired) electrons. The van der Waals surface area contributed by atoms with Gasteiger partial charge in [-0.05, 0) is 66.1 Å². The van der Waals surface area contributed by atoms with Crippen LogP contribution in [0.4, 0.5) is 5.69 Å². The van der Waals surface area contributed by atoms with Crippen LogP contribution in [0.5, 0.6) is 5.75 Å². The summed E-state index contributed by atoms with van der Waals surface area (Å²) in [5.41, 5.74) is 4.77. The fourth-order valence-corrected chi connectivity index (χ4v) is 4.25. The quantitative estimate of drug-likeness (QED) is 0.526. The van der Waals surface area contributed by atoms with Gasteiger partial charge in [0.1, 0.15) is 12.4 Å². The van der Waals surface area contributed by atoms with E-state index in [1.807, 2.05) is 92.7 Å². The van der Waals surface area contributed by atoms with E-state index in [0.29, 0.717) is 11.5 Å². The maximum absolute atomic E-state index is 13.0. The molecule has 1 N–H and O–H groups in total. The number of aryl methyl sites for hydroxylation is 2. The standard InChI is InChI=1S/C25H22N2O2S/c1-17-7-6-8-18(2)23(17)27-24(28)22(30-25(27)26)15-19-11-13-21(14-12-19)29-16-20-9-4-3-5-10-20/h3-15,26H,16H2,1-2H3/b22-15-,26-25?. The van der Waals surface area contributed by atoms with E-state index in [9.17, 15) is 4.79 Å². The van der Waals surface area contributed by atoms with E-state index in [4.69, 9.17) is 10.1 Å². The van der Waals surface area contributed by atoms with Crippen molar-refractivity contribution in [2.45, 2.75) is 20.5 Å². The van der Waals surface area contributed by atoms with Crippen LogP contribution < -0.4 is 9.64 Å². The van der Waals surface area contributed by atoms with Gasteiger partial charge in [0.2, 0.25) is 0 Å². The zero-order chi connectivity index (χ0) is 21.1. The van der Waals surface area contributed by atoms with E-state index >= 15 is 0 Å². The molecule has 0 aromatic heterocycles. The van der Waals surface area contributed by atoms with Crippen molar-refractivity contribution in [3.8, 4) is 5.75 Å². The van der Waals surface area contributed by atoms with Crippen molar-refractivity contribution in [2.24, 2.45) is 0 Å². The number of para-hydroxylation sites is 1. The maximum Gasteiger partial charge on any atom is 0.271 e. The van der Waals surface area contributed by atoms with E-state index < -0.39 is 0 Å². The number of hydrogen-bond donors (Lipinski definition) is 1. The Morgan fingerprint density at radius 3 is 2.27 bits per heavy atom. The minimum absolute atomic E-state index is 0.160. The van der Waals surface area contributed by atoms with Crippen LogP contribution in [0.1, 0.15) is 22.3 Å². The largest absolute Gasteiger partial charge is 0.489 e. The van der Waals surface area contributed by atoms with E-state index in [1.54, 1.807) is 0 Å². The van der Waals surface area contributed by atoms with Gasteiger partial charge in [0.15, 0.2) is 5.17 Å². The van der Waals surface area contributed by atoms with Crippen LogP contribution in [0.2, 0.25) is 0 Å². The minimum Gasteiger partial charge on any atom is -0.489 e. The van der Waals surface area contributed by atoms with Gasteiger partial charge in [0.05, 0.1) is 10.6 Å². The third-order valence-corrected chi connectivity index (χ3v) is 5.80. The molecule has 3 aromatic carbocycles. The molecule has 1 fully saturated rings. The summed E-state index contributed by atoms with van der Waals surface area (Å²) in [6.07, 6.45) is 1.83. The predicted octanol–water partition coefficient (Wildman–Crippen LogP) is 5.94. The summed E-state index contributed by atoms with van der Waals surface area (Å²) in [7, 11) is 0. The average Bonchev–Trinajstić information content (AvgIpc) is 3.02. The van der Waals surface area contributed by atoms with Crippen molar-refractivity contribution in [1.82, 2.24) is 0 Å². The minimum atomic E-state index is -0.160. The second-order valence-corrected chi connectivity index (χ2v) is 8.17. The Morgan fingerprint density at radius 1 is 0.933 bits per heavy atom. The van der Waals surface area contributed by atoms with Gasteiger partial charge in [-0.25, -0.2) is 0 Å². The Labute approximate surface area is 180 Å². The van der Waals surface area contributed by atoms with E-state index in [-0.39, 0.29) is 11.1 Å². The molecular formula is C25H22N2O2S. The SMILES string of the molecule is Cc1cccc(C)c1N1C(=N)S/C(=C\c2ccc(OCc3ccccc3)cc2)C1=O. The molecule has 1 saturated heterocycles. The van der Waals surface area contributed by atoms with Crippen LogP contribution in [-0.4, -0.2) is 11.1 Å². The molecule has 0 unspecified atom stereocenters. The van der Waals surface area contributed by atoms with Crippen LogP contribution in [0.15, 0.2) is 77.7 Å². The highest BCUT2D eigenvalue weighted by Gasteiger charge is 2.35. The lowest BCUT2D eigenvalue weighted by Gasteiger charge is -2.19. The summed E-state index contributed by atoms with van der Waals surface area (Å²) in [6, 6.07) is 23.5. The molecule has 1 aliphatic rings. The number of rotatable bonds is 5. The molecule has 1 heterocycles. The summed E-state index contributed by atoms with van der Waals surface area (Å²) < 4.78 is 5.82. The summed E-state index contributed by atoms with van der Waals surface area (Å²) in [6.45, 7) is 4.43. The third-order valence-electron chi connectivity index (χ3n) is 4.91. The van der Waals surface area contributed by atoms with Gasteiger partial charge in [-0.2, -0.15) is 0 Å². The molecule has 4 rings (SSSR count). The molecule has 3 aromatic rings. The highest BCUT2D eigenvalue weighted by atomic mass is 32.2. The molecule has 0 aliphatic carbocycles. The average molecular weight is 415 g/mol. The molecule has 0 spiro atoms. The smallest absolute Gasteiger partial charge is 0.271 e. The fourth-order valence-electron chi connectivity index (χ4n) is 3.40. The molecule has 1 aliphatic heterocycles. The molecule has 0 atom stereocenters. The molecule has 30 heavy (non-hydrogen) atoms. The number of ether oxygens (including phenoxy) is 1. The molecule has 0 saturated carbocycles. The van der Waals surface area contributed by atoms with E-state index in [2.05, 4.69) is 0 Å². The maximum atomic E-state index is 13.0. The number of carbonyl (C=O) groups excluding carboxylic acids is 1. The van der Waals surface area contributed by atoms with Crippen LogP contribution in [-0.2, 0) is 11.4 Å². The fraction of sp³-hybridized carbons (Fsp3) is 0.120. The van der Waals surface area contributed by atoms with Gasteiger partial charge >= 0.3 is 0 Å². The molecule has 0 bridgehead atoms. The monoisotopic (exact) mass is 414 g/mol. The van der Waals surface area contributed by atoms with Crippen molar-refractivity contribution in [1.29, 1.82) is 5.41 Å². The number of nitrogens with one attached hydrogen (secondary N) is 1. The van der Waals surface area contributed by atoms with Gasteiger partial charge in [-0.15, -0.1) is 0 Å². The van der Waals surface area contributed by atoms with Gasteiger partial charge in [0.25, 0.3) is 5.91 Å². The summed E-state index contributed by atoms with van der Waals surface area (Å²) in [5.74, 6) is 0.614. The van der Waals surface area contributed by atoms with Crippen molar-refractivity contribution < 1.29 is 9.53 Å². The van der Waals surface area contributed by atoms with Crippen LogP contribution >= 0.6 is 11.8 Å². The van der Waals surface area contributed by atoms with Crippen molar-refractivity contribution >= 4 is 34.6 Å². The Kier molecular flexibility index (Phi) is 5.72. The number of amides is 1. The van der Waals surface area contributed by atoms with Crippen LogP contribution in [0, 0.1) is 19.3 Å². The van der Waals surface area contributed by atoms with Crippen LogP contribution in [0.25, 0.3) is 6.08 Å². The first-order valence-corrected chi connectivity index (χ1v) is 10.5. The van der Waals surface area contributed by atoms with Gasteiger partial charge in [-0.3, -0.25) is 15.1 Å². The Bertz CT molecular complexity index is 1100. The second kappa shape index (κ2) is 8.59. The number of benzene rings is 3. The Balaban J connectivity index is 1.50. The van der Waals surface area contributed by atoms with Gasteiger partial charge in [-0.1, -0.05) is 60.7 Å². The summed E-state index contributed by atoms with van der Waals surface area (Å²) in [5, 5.41) is 8.57. The number of amidine groups is 1. The number of anilines is 1. The lowest BCUT2D eigenvalue weighted by atomic mass is 10.1. The molecule has 4 nitrogen and oxygen atoms in total. The van der Waals surface area contributed by atoms with Crippen molar-refractivity contribution in [2.75, 3.05) is 4.90 Å². The first kappa shape index (κ1) is 20.0. The summed E-state index contributed by atoms with van der Waals surface area (Å²) in [4.78, 5) is 15.1. The second-order valence-electron chi connectivity index (χ2n) is 7.14. The van der Waals surface area contributed by atoms with Gasteiger partial charge < -0.3 is 4.74 Å². The van der Waals surface area contributed by atoms with Crippen molar-refractivity contribution in [3.63, 3.8) is 0 Å². The Hall–Kier alpha value is -3.31. The zero-order valence-corrected chi connectivity index (χ0v) is 17.7. The lowest BCUT2D eigenvalue weighted by molar-refractivity contribution is -0.113. The predicted molar refractivity (Wildman–Crippen MR) is 124 cm³/mol. The lowest BCUT2D eigenvalue weighted by Crippen LogP contribution is -2.29. The zero-order valence-electron chi connectivity index (χ0n) is 16.9. The molecule has 5 heteroatoms. The van der Waals surface area contributed by atoms with Crippen LogP contribution in [0.3, 0.4) is 0 Å². The van der Waals surface area contributed by atoms with Gasteiger partial charge in [0, 0.05) is 0 Å². The summed E-state index contributed by atoms with van der Waals surface area (Å²) >= 11 is 1.19. The molecule has 150 valence electrons. The number of hydrogen-bond acceptors (Lipinski definition) is 4.